The Morgan fingerprint density at radius 3 is 2.47 bits per heavy atom. The zero-order valence-electron chi connectivity index (χ0n) is 8.35. The Morgan fingerprint density at radius 2 is 2.07 bits per heavy atom. The molecule has 0 aliphatic heterocycles. The van der Waals surface area contributed by atoms with E-state index in [0.29, 0.717) is 4.88 Å². The fourth-order valence-corrected chi connectivity index (χ4v) is 1.83. The lowest BCUT2D eigenvalue weighted by molar-refractivity contribution is -0.146. The third kappa shape index (κ3) is 2.50. The van der Waals surface area contributed by atoms with Gasteiger partial charge in [0, 0.05) is 0 Å². The Bertz CT molecular complexity index is 380. The van der Waals surface area contributed by atoms with Gasteiger partial charge < -0.3 is 4.74 Å². The lowest BCUT2D eigenvalue weighted by Crippen LogP contribution is -2.31. The van der Waals surface area contributed by atoms with Crippen LogP contribution in [0, 0.1) is 5.92 Å². The van der Waals surface area contributed by atoms with Crippen LogP contribution in [0.3, 0.4) is 0 Å². The molecule has 0 N–H and O–H groups in total. The summed E-state index contributed by atoms with van der Waals surface area (Å²) < 4.78 is 4.42. The number of esters is 1. The Hall–Kier alpha value is -1.49. The van der Waals surface area contributed by atoms with Crippen LogP contribution in [-0.4, -0.2) is 24.6 Å². The predicted octanol–water partition coefficient (Wildman–Crippen LogP) is 1.31. The van der Waals surface area contributed by atoms with Crippen LogP contribution in [0.1, 0.15) is 16.6 Å². The van der Waals surface area contributed by atoms with Crippen molar-refractivity contribution in [2.75, 3.05) is 7.11 Å². The maximum atomic E-state index is 11.7. The molecule has 0 aliphatic rings. The molecule has 0 aliphatic carbocycles. The summed E-state index contributed by atoms with van der Waals surface area (Å²) in [7, 11) is 1.15. The average Bonchev–Trinajstić information content (AvgIpc) is 2.69. The van der Waals surface area contributed by atoms with Crippen molar-refractivity contribution in [2.24, 2.45) is 5.92 Å². The van der Waals surface area contributed by atoms with Crippen molar-refractivity contribution in [1.29, 1.82) is 0 Å². The normalized spacial score (nSPS) is 11.9. The molecule has 0 aromatic carbocycles. The SMILES string of the molecule is COC(=O)[C@H](C(C)=O)C(=O)c1cccs1. The van der Waals surface area contributed by atoms with Gasteiger partial charge in [-0.25, -0.2) is 0 Å². The van der Waals surface area contributed by atoms with Crippen molar-refractivity contribution in [3.05, 3.63) is 22.4 Å². The van der Waals surface area contributed by atoms with Crippen LogP contribution in [0.5, 0.6) is 0 Å². The first kappa shape index (κ1) is 11.6. The second-order valence-corrected chi connectivity index (χ2v) is 3.86. The van der Waals surface area contributed by atoms with Gasteiger partial charge in [0.15, 0.2) is 17.5 Å². The van der Waals surface area contributed by atoms with Crippen LogP contribution in [-0.2, 0) is 14.3 Å². The molecule has 0 fully saturated rings. The number of rotatable bonds is 4. The number of ketones is 2. The summed E-state index contributed by atoms with van der Waals surface area (Å²) >= 11 is 1.20. The standard InChI is InChI=1S/C10H10O4S/c1-6(11)8(10(13)14-2)9(12)7-4-3-5-15-7/h3-5,8H,1-2H3/t8-/m1/s1. The molecule has 1 heterocycles. The van der Waals surface area contributed by atoms with Gasteiger partial charge in [-0.2, -0.15) is 0 Å². The average molecular weight is 226 g/mol. The number of Topliss-reactive ketones (excluding diaryl/α,β-unsaturated/α-hetero) is 2. The monoisotopic (exact) mass is 226 g/mol. The van der Waals surface area contributed by atoms with E-state index in [1.54, 1.807) is 17.5 Å². The number of carbonyl (C=O) groups excluding carboxylic acids is 3. The van der Waals surface area contributed by atoms with E-state index in [2.05, 4.69) is 4.74 Å². The van der Waals surface area contributed by atoms with Crippen molar-refractivity contribution >= 4 is 28.9 Å². The van der Waals surface area contributed by atoms with Crippen LogP contribution in [0.4, 0.5) is 0 Å². The van der Waals surface area contributed by atoms with E-state index in [4.69, 9.17) is 0 Å². The van der Waals surface area contributed by atoms with Gasteiger partial charge in [-0.3, -0.25) is 14.4 Å². The van der Waals surface area contributed by atoms with Crippen LogP contribution in [0.25, 0.3) is 0 Å². The molecule has 1 aromatic rings. The zero-order valence-corrected chi connectivity index (χ0v) is 9.17. The summed E-state index contributed by atoms with van der Waals surface area (Å²) in [6, 6.07) is 3.26. The minimum absolute atomic E-state index is 0.389. The number of hydrogen-bond acceptors (Lipinski definition) is 5. The molecular formula is C10H10O4S. The molecule has 1 atom stereocenters. The van der Waals surface area contributed by atoms with E-state index in [1.807, 2.05) is 0 Å². The number of thiophene rings is 1. The summed E-state index contributed by atoms with van der Waals surface area (Å²) in [4.78, 5) is 34.5. The largest absolute Gasteiger partial charge is 0.468 e. The van der Waals surface area contributed by atoms with E-state index in [-0.39, 0.29) is 0 Å². The van der Waals surface area contributed by atoms with E-state index in [9.17, 15) is 14.4 Å². The zero-order chi connectivity index (χ0) is 11.4. The van der Waals surface area contributed by atoms with E-state index in [1.165, 1.54) is 18.3 Å². The minimum Gasteiger partial charge on any atom is -0.468 e. The summed E-state index contributed by atoms with van der Waals surface area (Å²) in [6.45, 7) is 1.20. The molecule has 15 heavy (non-hydrogen) atoms. The molecule has 0 saturated carbocycles. The Morgan fingerprint density at radius 1 is 1.40 bits per heavy atom. The first-order chi connectivity index (χ1) is 7.07. The summed E-state index contributed by atoms with van der Waals surface area (Å²) in [5.41, 5.74) is 0. The minimum atomic E-state index is -1.33. The second kappa shape index (κ2) is 4.84. The van der Waals surface area contributed by atoms with Gasteiger partial charge in [0.1, 0.15) is 0 Å². The number of hydrogen-bond donors (Lipinski definition) is 0. The summed E-state index contributed by atoms with van der Waals surface area (Å²) in [6.07, 6.45) is 0. The van der Waals surface area contributed by atoms with E-state index in [0.717, 1.165) is 7.11 Å². The van der Waals surface area contributed by atoms with E-state index >= 15 is 0 Å². The van der Waals surface area contributed by atoms with Gasteiger partial charge in [0.2, 0.25) is 0 Å². The molecule has 5 heteroatoms. The fraction of sp³-hybridized carbons (Fsp3) is 0.300. The van der Waals surface area contributed by atoms with Crippen LogP contribution in [0.15, 0.2) is 17.5 Å². The quantitative estimate of drug-likeness (QED) is 0.441. The number of carbonyl (C=O) groups is 3. The predicted molar refractivity (Wildman–Crippen MR) is 54.8 cm³/mol. The highest BCUT2D eigenvalue weighted by molar-refractivity contribution is 7.12. The molecule has 0 radical (unpaired) electrons. The second-order valence-electron chi connectivity index (χ2n) is 2.91. The van der Waals surface area contributed by atoms with Gasteiger partial charge >= 0.3 is 5.97 Å². The van der Waals surface area contributed by atoms with Crippen LogP contribution < -0.4 is 0 Å². The molecule has 1 aromatic heterocycles. The molecule has 4 nitrogen and oxygen atoms in total. The van der Waals surface area contributed by atoms with Gasteiger partial charge in [-0.05, 0) is 18.4 Å². The Balaban J connectivity index is 2.96. The first-order valence-corrected chi connectivity index (χ1v) is 5.12. The highest BCUT2D eigenvalue weighted by Crippen LogP contribution is 2.16. The van der Waals surface area contributed by atoms with Gasteiger partial charge in [0.25, 0.3) is 0 Å². The number of ether oxygens (including phenoxy) is 1. The summed E-state index contributed by atoms with van der Waals surface area (Å²) in [5.74, 6) is -3.13. The maximum absolute atomic E-state index is 11.7. The van der Waals surface area contributed by atoms with Crippen molar-refractivity contribution < 1.29 is 19.1 Å². The van der Waals surface area contributed by atoms with Gasteiger partial charge in [-0.15, -0.1) is 11.3 Å². The van der Waals surface area contributed by atoms with Crippen molar-refractivity contribution in [3.8, 4) is 0 Å². The molecule has 0 bridgehead atoms. The van der Waals surface area contributed by atoms with Gasteiger partial charge in [-0.1, -0.05) is 6.07 Å². The molecule has 1 rings (SSSR count). The highest BCUT2D eigenvalue weighted by Gasteiger charge is 2.33. The smallest absolute Gasteiger partial charge is 0.324 e. The molecule has 0 unspecified atom stereocenters. The first-order valence-electron chi connectivity index (χ1n) is 4.24. The molecule has 80 valence electrons. The van der Waals surface area contributed by atoms with Crippen LogP contribution in [0.2, 0.25) is 0 Å². The molecular weight excluding hydrogens is 216 g/mol. The third-order valence-electron chi connectivity index (χ3n) is 1.87. The van der Waals surface area contributed by atoms with Crippen molar-refractivity contribution in [2.45, 2.75) is 6.92 Å². The number of methoxy groups -OCH3 is 1. The highest BCUT2D eigenvalue weighted by atomic mass is 32.1. The fourth-order valence-electron chi connectivity index (χ4n) is 1.14. The van der Waals surface area contributed by atoms with E-state index < -0.39 is 23.5 Å². The molecule has 0 saturated heterocycles. The molecule has 0 spiro atoms. The van der Waals surface area contributed by atoms with Crippen molar-refractivity contribution in [1.82, 2.24) is 0 Å². The van der Waals surface area contributed by atoms with Gasteiger partial charge in [0.05, 0.1) is 12.0 Å². The lowest BCUT2D eigenvalue weighted by atomic mass is 9.99. The Kier molecular flexibility index (Phi) is 3.74. The van der Waals surface area contributed by atoms with Crippen molar-refractivity contribution in [3.63, 3.8) is 0 Å². The molecule has 0 amide bonds. The van der Waals surface area contributed by atoms with Crippen LogP contribution >= 0.6 is 11.3 Å². The maximum Gasteiger partial charge on any atom is 0.324 e. The lowest BCUT2D eigenvalue weighted by Gasteiger charge is -2.08. The third-order valence-corrected chi connectivity index (χ3v) is 2.75. The Labute approximate surface area is 90.9 Å². The summed E-state index contributed by atoms with van der Waals surface area (Å²) in [5, 5.41) is 1.71. The topological polar surface area (TPSA) is 60.4 Å².